The third-order valence-electron chi connectivity index (χ3n) is 2.73. The van der Waals surface area contributed by atoms with Crippen LogP contribution in [-0.4, -0.2) is 24.5 Å². The van der Waals surface area contributed by atoms with E-state index in [0.717, 1.165) is 23.3 Å². The highest BCUT2D eigenvalue weighted by atomic mass is 127. The molecule has 9 heteroatoms. The molecule has 2 N–H and O–H groups in total. The largest absolute Gasteiger partial charge is 0.434 e. The van der Waals surface area contributed by atoms with Crippen LogP contribution < -0.4 is 10.6 Å². The second-order valence-corrected chi connectivity index (χ2v) is 5.32. The number of aromatic nitrogens is 1. The first kappa shape index (κ1) is 17.5. The molecular weight excluding hydrogens is 404 g/mol. The molecule has 4 nitrogen and oxygen atoms in total. The molecule has 1 fully saturated rings. The maximum absolute atomic E-state index is 12.4. The van der Waals surface area contributed by atoms with Crippen molar-refractivity contribution < 1.29 is 13.2 Å². The summed E-state index contributed by atoms with van der Waals surface area (Å²) < 4.78 is 37.1. The van der Waals surface area contributed by atoms with E-state index in [9.17, 15) is 13.2 Å². The minimum atomic E-state index is -4.37. The lowest BCUT2D eigenvalue weighted by Gasteiger charge is -2.10. The first-order valence-corrected chi connectivity index (χ1v) is 6.83. The van der Waals surface area contributed by atoms with Gasteiger partial charge in [-0.1, -0.05) is 0 Å². The van der Waals surface area contributed by atoms with Gasteiger partial charge in [0.1, 0.15) is 5.01 Å². The standard InChI is InChI=1S/C11H15F3N4S.HI/c1-15-10(16-4-7-2-3-7)17-5-9-18-8(6-19-9)11(12,13)14;/h6-7H,2-5H2,1H3,(H2,15,16,17);1H. The van der Waals surface area contributed by atoms with Crippen LogP contribution in [0, 0.1) is 5.92 Å². The molecule has 1 aliphatic rings. The number of guanidine groups is 1. The lowest BCUT2D eigenvalue weighted by molar-refractivity contribution is -0.140. The van der Waals surface area contributed by atoms with Gasteiger partial charge in [0.2, 0.25) is 0 Å². The van der Waals surface area contributed by atoms with Gasteiger partial charge in [-0.2, -0.15) is 13.2 Å². The highest BCUT2D eigenvalue weighted by molar-refractivity contribution is 14.0. The first-order chi connectivity index (χ1) is 8.99. The number of thiazole rings is 1. The van der Waals surface area contributed by atoms with Crippen LogP contribution in [0.25, 0.3) is 0 Å². The molecule has 0 unspecified atom stereocenters. The second kappa shape index (κ2) is 7.43. The Balaban J connectivity index is 0.00000200. The van der Waals surface area contributed by atoms with E-state index in [1.54, 1.807) is 7.05 Å². The molecule has 2 rings (SSSR count). The van der Waals surface area contributed by atoms with E-state index in [-0.39, 0.29) is 30.5 Å². The second-order valence-electron chi connectivity index (χ2n) is 4.37. The Kier molecular flexibility index (Phi) is 6.49. The van der Waals surface area contributed by atoms with Crippen LogP contribution in [0.4, 0.5) is 13.2 Å². The van der Waals surface area contributed by atoms with Gasteiger partial charge in [0.05, 0.1) is 6.54 Å². The fourth-order valence-electron chi connectivity index (χ4n) is 1.47. The highest BCUT2D eigenvalue weighted by Gasteiger charge is 2.33. The van der Waals surface area contributed by atoms with Crippen molar-refractivity contribution in [3.63, 3.8) is 0 Å². The van der Waals surface area contributed by atoms with Crippen LogP contribution in [0.2, 0.25) is 0 Å². The molecule has 0 bridgehead atoms. The number of rotatable bonds is 4. The van der Waals surface area contributed by atoms with E-state index in [1.807, 2.05) is 0 Å². The summed E-state index contributed by atoms with van der Waals surface area (Å²) in [7, 11) is 1.63. The predicted molar refractivity (Wildman–Crippen MR) is 83.5 cm³/mol. The number of aliphatic imine (C=N–C) groups is 1. The lowest BCUT2D eigenvalue weighted by Crippen LogP contribution is -2.37. The molecule has 1 heterocycles. The Morgan fingerprint density at radius 1 is 1.45 bits per heavy atom. The van der Waals surface area contributed by atoms with Gasteiger partial charge in [-0.3, -0.25) is 4.99 Å². The molecular formula is C11H16F3IN4S. The summed E-state index contributed by atoms with van der Waals surface area (Å²) in [4.78, 5) is 7.55. The fraction of sp³-hybridized carbons (Fsp3) is 0.636. The SMILES string of the molecule is CN=C(NCc1nc(C(F)(F)F)cs1)NCC1CC1.I. The molecule has 114 valence electrons. The number of hydrogen-bond acceptors (Lipinski definition) is 3. The van der Waals surface area contributed by atoms with Gasteiger partial charge in [0, 0.05) is 19.0 Å². The Morgan fingerprint density at radius 3 is 2.65 bits per heavy atom. The molecule has 20 heavy (non-hydrogen) atoms. The van der Waals surface area contributed by atoms with Gasteiger partial charge in [0.25, 0.3) is 0 Å². The van der Waals surface area contributed by atoms with Gasteiger partial charge in [-0.15, -0.1) is 35.3 Å². The summed E-state index contributed by atoms with van der Waals surface area (Å²) in [5, 5.41) is 7.50. The van der Waals surface area contributed by atoms with Crippen LogP contribution in [0.1, 0.15) is 23.5 Å². The van der Waals surface area contributed by atoms with Crippen LogP contribution in [0.15, 0.2) is 10.4 Å². The van der Waals surface area contributed by atoms with Crippen molar-refractivity contribution >= 4 is 41.3 Å². The molecule has 0 amide bonds. The first-order valence-electron chi connectivity index (χ1n) is 5.95. The molecule has 1 saturated carbocycles. The van der Waals surface area contributed by atoms with E-state index >= 15 is 0 Å². The number of nitrogens with one attached hydrogen (secondary N) is 2. The van der Waals surface area contributed by atoms with E-state index in [0.29, 0.717) is 16.9 Å². The summed E-state index contributed by atoms with van der Waals surface area (Å²) >= 11 is 0.989. The van der Waals surface area contributed by atoms with Gasteiger partial charge < -0.3 is 10.6 Å². The van der Waals surface area contributed by atoms with E-state index in [2.05, 4.69) is 20.6 Å². The van der Waals surface area contributed by atoms with Gasteiger partial charge in [0.15, 0.2) is 11.7 Å². The molecule has 1 aromatic heterocycles. The summed E-state index contributed by atoms with van der Waals surface area (Å²) in [5.41, 5.74) is -0.838. The molecule has 0 atom stereocenters. The average molecular weight is 420 g/mol. The molecule has 0 saturated heterocycles. The highest BCUT2D eigenvalue weighted by Crippen LogP contribution is 2.30. The van der Waals surface area contributed by atoms with Crippen LogP contribution in [0.3, 0.4) is 0 Å². The van der Waals surface area contributed by atoms with Crippen molar-refractivity contribution in [3.05, 3.63) is 16.1 Å². The molecule has 1 aromatic rings. The van der Waals surface area contributed by atoms with Crippen molar-refractivity contribution in [1.29, 1.82) is 0 Å². The molecule has 0 aromatic carbocycles. The third kappa shape index (κ3) is 5.43. The molecule has 0 aliphatic heterocycles. The monoisotopic (exact) mass is 420 g/mol. The van der Waals surface area contributed by atoms with E-state index in [4.69, 9.17) is 0 Å². The zero-order valence-corrected chi connectivity index (χ0v) is 14.0. The van der Waals surface area contributed by atoms with Crippen molar-refractivity contribution in [1.82, 2.24) is 15.6 Å². The lowest BCUT2D eigenvalue weighted by atomic mass is 10.4. The summed E-state index contributed by atoms with van der Waals surface area (Å²) in [6, 6.07) is 0. The van der Waals surface area contributed by atoms with Crippen molar-refractivity contribution in [3.8, 4) is 0 Å². The van der Waals surface area contributed by atoms with Crippen LogP contribution in [0.5, 0.6) is 0 Å². The van der Waals surface area contributed by atoms with Crippen LogP contribution in [-0.2, 0) is 12.7 Å². The average Bonchev–Trinajstić information content (AvgIpc) is 3.04. The summed E-state index contributed by atoms with van der Waals surface area (Å²) in [6.45, 7) is 1.09. The third-order valence-corrected chi connectivity index (χ3v) is 3.58. The smallest absolute Gasteiger partial charge is 0.356 e. The van der Waals surface area contributed by atoms with Gasteiger partial charge in [-0.25, -0.2) is 4.98 Å². The van der Waals surface area contributed by atoms with E-state index < -0.39 is 11.9 Å². The Labute approximate surface area is 136 Å². The van der Waals surface area contributed by atoms with Gasteiger partial charge in [-0.05, 0) is 18.8 Å². The Morgan fingerprint density at radius 2 is 2.15 bits per heavy atom. The zero-order valence-electron chi connectivity index (χ0n) is 10.8. The number of hydrogen-bond donors (Lipinski definition) is 2. The number of alkyl halides is 3. The Bertz CT molecular complexity index is 457. The van der Waals surface area contributed by atoms with Crippen molar-refractivity contribution in [2.45, 2.75) is 25.6 Å². The normalized spacial score (nSPS) is 15.7. The Hall–Kier alpha value is -0.580. The summed E-state index contributed by atoms with van der Waals surface area (Å²) in [6.07, 6.45) is -1.92. The predicted octanol–water partition coefficient (Wildman–Crippen LogP) is 2.85. The van der Waals surface area contributed by atoms with E-state index in [1.165, 1.54) is 12.8 Å². The topological polar surface area (TPSA) is 49.3 Å². The fourth-order valence-corrected chi connectivity index (χ4v) is 2.21. The molecule has 1 aliphatic carbocycles. The quantitative estimate of drug-likeness (QED) is 0.448. The minimum Gasteiger partial charge on any atom is -0.356 e. The van der Waals surface area contributed by atoms with Crippen LogP contribution >= 0.6 is 35.3 Å². The van der Waals surface area contributed by atoms with Gasteiger partial charge >= 0.3 is 6.18 Å². The van der Waals surface area contributed by atoms with Crippen molar-refractivity contribution in [2.24, 2.45) is 10.9 Å². The maximum atomic E-state index is 12.4. The minimum absolute atomic E-state index is 0. The number of nitrogens with zero attached hydrogens (tertiary/aromatic N) is 2. The number of halogens is 4. The molecule has 0 radical (unpaired) electrons. The summed E-state index contributed by atoms with van der Waals surface area (Å²) in [5.74, 6) is 1.30. The maximum Gasteiger partial charge on any atom is 0.434 e. The zero-order chi connectivity index (χ0) is 13.9. The van der Waals surface area contributed by atoms with Crippen molar-refractivity contribution in [2.75, 3.05) is 13.6 Å². The molecule has 0 spiro atoms.